The van der Waals surface area contributed by atoms with Crippen LogP contribution in [-0.4, -0.2) is 0 Å². The van der Waals surface area contributed by atoms with Crippen molar-refractivity contribution in [2.75, 3.05) is 0 Å². The van der Waals surface area contributed by atoms with E-state index in [0.717, 1.165) is 18.4 Å². The largest absolute Gasteiger partial charge is 0.0991 e. The minimum Gasteiger partial charge on any atom is -0.0991 e. The first-order valence-electron chi connectivity index (χ1n) is 3.52. The van der Waals surface area contributed by atoms with Crippen LogP contribution in [0.5, 0.6) is 0 Å². The summed E-state index contributed by atoms with van der Waals surface area (Å²) >= 11 is 0. The van der Waals surface area contributed by atoms with Gasteiger partial charge in [-0.25, -0.2) is 0 Å². The molecule has 0 unspecified atom stereocenters. The van der Waals surface area contributed by atoms with Gasteiger partial charge in [-0.2, -0.15) is 0 Å². The highest BCUT2D eigenvalue weighted by Crippen LogP contribution is 2.20. The molecule has 0 radical (unpaired) electrons. The molecule has 0 bridgehead atoms. The molecular weight excluding hydrogens is 120 g/mol. The van der Waals surface area contributed by atoms with Crippen molar-refractivity contribution in [1.29, 1.82) is 0 Å². The molecule has 0 atom stereocenters. The second kappa shape index (κ2) is 3.21. The van der Waals surface area contributed by atoms with Crippen molar-refractivity contribution in [2.24, 2.45) is 0 Å². The van der Waals surface area contributed by atoms with Crippen molar-refractivity contribution in [3.8, 4) is 0 Å². The molecular formula is C10H12. The fourth-order valence-electron chi connectivity index (χ4n) is 1.06. The summed E-state index contributed by atoms with van der Waals surface area (Å²) in [5.41, 5.74) is 2.45. The molecule has 0 saturated heterocycles. The van der Waals surface area contributed by atoms with E-state index in [0.29, 0.717) is 0 Å². The number of rotatable bonds is 1. The zero-order valence-corrected chi connectivity index (χ0v) is 6.14. The minimum atomic E-state index is 1.11. The SMILES string of the molecule is C=C/C=C1/CCC=CC1=C. The fourth-order valence-corrected chi connectivity index (χ4v) is 1.06. The zero-order chi connectivity index (χ0) is 7.40. The van der Waals surface area contributed by atoms with Gasteiger partial charge in [0, 0.05) is 0 Å². The van der Waals surface area contributed by atoms with Crippen LogP contribution in [0, 0.1) is 0 Å². The highest BCUT2D eigenvalue weighted by Gasteiger charge is 2.01. The van der Waals surface area contributed by atoms with Gasteiger partial charge in [-0.15, -0.1) is 0 Å². The van der Waals surface area contributed by atoms with E-state index < -0.39 is 0 Å². The van der Waals surface area contributed by atoms with Crippen molar-refractivity contribution in [1.82, 2.24) is 0 Å². The molecule has 1 rings (SSSR count). The molecule has 10 heavy (non-hydrogen) atoms. The molecule has 0 nitrogen and oxygen atoms in total. The predicted octanol–water partition coefficient (Wildman–Crippen LogP) is 3.01. The summed E-state index contributed by atoms with van der Waals surface area (Å²) in [5.74, 6) is 0. The topological polar surface area (TPSA) is 0 Å². The summed E-state index contributed by atoms with van der Waals surface area (Å²) in [4.78, 5) is 0. The van der Waals surface area contributed by atoms with E-state index in [-0.39, 0.29) is 0 Å². The van der Waals surface area contributed by atoms with Gasteiger partial charge in [0.15, 0.2) is 0 Å². The van der Waals surface area contributed by atoms with E-state index in [2.05, 4.69) is 25.3 Å². The van der Waals surface area contributed by atoms with E-state index in [1.54, 1.807) is 0 Å². The van der Waals surface area contributed by atoms with Gasteiger partial charge in [0.05, 0.1) is 0 Å². The molecule has 0 fully saturated rings. The monoisotopic (exact) mass is 132 g/mol. The summed E-state index contributed by atoms with van der Waals surface area (Å²) in [5, 5.41) is 0. The standard InChI is InChI=1S/C10H12/c1-3-6-10-8-5-4-7-9(10)2/h3-4,6-7H,1-2,5,8H2/b10-6-. The Morgan fingerprint density at radius 2 is 2.30 bits per heavy atom. The lowest BCUT2D eigenvalue weighted by Gasteiger charge is -2.09. The van der Waals surface area contributed by atoms with Gasteiger partial charge in [-0.1, -0.05) is 37.5 Å². The van der Waals surface area contributed by atoms with E-state index in [4.69, 9.17) is 0 Å². The quantitative estimate of drug-likeness (QED) is 0.514. The summed E-state index contributed by atoms with van der Waals surface area (Å²) in [6, 6.07) is 0. The third-order valence-electron chi connectivity index (χ3n) is 1.63. The predicted molar refractivity (Wildman–Crippen MR) is 45.8 cm³/mol. The second-order valence-electron chi connectivity index (χ2n) is 2.39. The van der Waals surface area contributed by atoms with Gasteiger partial charge in [-0.05, 0) is 24.0 Å². The summed E-state index contributed by atoms with van der Waals surface area (Å²) < 4.78 is 0. The molecule has 1 aliphatic rings. The Balaban J connectivity index is 2.79. The molecule has 0 aromatic carbocycles. The zero-order valence-electron chi connectivity index (χ0n) is 6.14. The van der Waals surface area contributed by atoms with Crippen molar-refractivity contribution < 1.29 is 0 Å². The summed E-state index contributed by atoms with van der Waals surface area (Å²) in [7, 11) is 0. The van der Waals surface area contributed by atoms with Gasteiger partial charge < -0.3 is 0 Å². The average molecular weight is 132 g/mol. The number of hydrogen-bond acceptors (Lipinski definition) is 0. The maximum atomic E-state index is 3.91. The Morgan fingerprint density at radius 1 is 1.50 bits per heavy atom. The van der Waals surface area contributed by atoms with Gasteiger partial charge in [0.1, 0.15) is 0 Å². The van der Waals surface area contributed by atoms with Gasteiger partial charge in [-0.3, -0.25) is 0 Å². The fraction of sp³-hybridized carbons (Fsp3) is 0.200. The third kappa shape index (κ3) is 1.47. The smallest absolute Gasteiger partial charge is 0.0238 e. The third-order valence-corrected chi connectivity index (χ3v) is 1.63. The highest BCUT2D eigenvalue weighted by molar-refractivity contribution is 5.41. The Kier molecular flexibility index (Phi) is 2.27. The second-order valence-corrected chi connectivity index (χ2v) is 2.39. The first-order valence-corrected chi connectivity index (χ1v) is 3.52. The van der Waals surface area contributed by atoms with Crippen LogP contribution in [-0.2, 0) is 0 Å². The van der Waals surface area contributed by atoms with E-state index >= 15 is 0 Å². The highest BCUT2D eigenvalue weighted by atomic mass is 14.1. The van der Waals surface area contributed by atoms with Crippen LogP contribution in [0.25, 0.3) is 0 Å². The van der Waals surface area contributed by atoms with Crippen LogP contribution in [0.3, 0.4) is 0 Å². The molecule has 0 heteroatoms. The normalized spacial score (nSPS) is 21.6. The lowest BCUT2D eigenvalue weighted by molar-refractivity contribution is 0.970. The Hall–Kier alpha value is -1.04. The van der Waals surface area contributed by atoms with Gasteiger partial charge >= 0.3 is 0 Å². The molecule has 0 amide bonds. The molecule has 0 aliphatic heterocycles. The van der Waals surface area contributed by atoms with Gasteiger partial charge in [0.2, 0.25) is 0 Å². The molecule has 0 saturated carbocycles. The maximum Gasteiger partial charge on any atom is -0.0238 e. The molecule has 0 aromatic heterocycles. The van der Waals surface area contributed by atoms with Crippen LogP contribution >= 0.6 is 0 Å². The van der Waals surface area contributed by atoms with E-state index in [1.165, 1.54) is 5.57 Å². The Bertz CT molecular complexity index is 204. The van der Waals surface area contributed by atoms with Crippen molar-refractivity contribution >= 4 is 0 Å². The average Bonchev–Trinajstić information content (AvgIpc) is 1.94. The Morgan fingerprint density at radius 3 is 2.90 bits per heavy atom. The summed E-state index contributed by atoms with van der Waals surface area (Å²) in [6.07, 6.45) is 10.3. The van der Waals surface area contributed by atoms with Crippen molar-refractivity contribution in [3.05, 3.63) is 48.6 Å². The molecule has 52 valence electrons. The van der Waals surface area contributed by atoms with Crippen LogP contribution < -0.4 is 0 Å². The van der Waals surface area contributed by atoms with Crippen molar-refractivity contribution in [2.45, 2.75) is 12.8 Å². The van der Waals surface area contributed by atoms with Crippen LogP contribution in [0.2, 0.25) is 0 Å². The first kappa shape index (κ1) is 7.07. The van der Waals surface area contributed by atoms with E-state index in [9.17, 15) is 0 Å². The summed E-state index contributed by atoms with van der Waals surface area (Å²) in [6.45, 7) is 7.56. The number of hydrogen-bond donors (Lipinski definition) is 0. The lowest BCUT2D eigenvalue weighted by atomic mass is 9.96. The lowest BCUT2D eigenvalue weighted by Crippen LogP contribution is -1.89. The molecule has 1 aliphatic carbocycles. The molecule has 0 aromatic rings. The van der Waals surface area contributed by atoms with Crippen LogP contribution in [0.4, 0.5) is 0 Å². The molecule has 0 spiro atoms. The number of allylic oxidation sites excluding steroid dienone is 6. The van der Waals surface area contributed by atoms with Crippen LogP contribution in [0.1, 0.15) is 12.8 Å². The van der Waals surface area contributed by atoms with Gasteiger partial charge in [0.25, 0.3) is 0 Å². The Labute approximate surface area is 62.3 Å². The van der Waals surface area contributed by atoms with E-state index in [1.807, 2.05) is 12.2 Å². The van der Waals surface area contributed by atoms with Crippen LogP contribution in [0.15, 0.2) is 48.6 Å². The van der Waals surface area contributed by atoms with Crippen molar-refractivity contribution in [3.63, 3.8) is 0 Å². The maximum absolute atomic E-state index is 3.91. The molecule has 0 heterocycles. The first-order chi connectivity index (χ1) is 4.84. The minimum absolute atomic E-state index is 1.11. The molecule has 0 N–H and O–H groups in total.